The van der Waals surface area contributed by atoms with Gasteiger partial charge in [0.1, 0.15) is 11.8 Å². The van der Waals surface area contributed by atoms with Crippen LogP contribution in [0.25, 0.3) is 0 Å². The van der Waals surface area contributed by atoms with Crippen molar-refractivity contribution in [3.05, 3.63) is 23.8 Å². The van der Waals surface area contributed by atoms with Gasteiger partial charge in [0.25, 0.3) is 5.91 Å². The maximum Gasteiger partial charge on any atom is 0.414 e. The zero-order valence-electron chi connectivity index (χ0n) is 19.9. The van der Waals surface area contributed by atoms with Crippen molar-refractivity contribution in [3.8, 4) is 0 Å². The molecule has 3 aliphatic rings. The second-order valence-corrected chi connectivity index (χ2v) is 8.82. The first-order valence-electron chi connectivity index (χ1n) is 11.9. The fourth-order valence-corrected chi connectivity index (χ4v) is 4.39. The van der Waals surface area contributed by atoms with E-state index in [4.69, 9.17) is 9.57 Å². The van der Waals surface area contributed by atoms with Crippen LogP contribution < -0.4 is 25.8 Å². The number of urea groups is 1. The van der Waals surface area contributed by atoms with Crippen LogP contribution in [0.5, 0.6) is 0 Å². The first-order chi connectivity index (χ1) is 17.7. The number of nitrogens with one attached hydrogen (secondary N) is 3. The first kappa shape index (κ1) is 26.7. The summed E-state index contributed by atoms with van der Waals surface area (Å²) in [5.41, 5.74) is -0.457. The summed E-state index contributed by atoms with van der Waals surface area (Å²) < 4.78 is 59.8. The fourth-order valence-electron chi connectivity index (χ4n) is 4.39. The van der Waals surface area contributed by atoms with E-state index in [9.17, 15) is 23.2 Å². The summed E-state index contributed by atoms with van der Waals surface area (Å²) in [6.45, 7) is 1.35. The number of halogens is 4. The number of hydroxylamine groups is 2. The second-order valence-electron chi connectivity index (χ2n) is 8.82. The van der Waals surface area contributed by atoms with Crippen LogP contribution in [0.2, 0.25) is 0 Å². The molecule has 4 rings (SSSR count). The highest BCUT2D eigenvalue weighted by atomic mass is 19.3. The number of alkyl halides is 2. The molecule has 3 N–H and O–H groups in total. The summed E-state index contributed by atoms with van der Waals surface area (Å²) in [4.78, 5) is 43.6. The number of anilines is 2. The van der Waals surface area contributed by atoms with Gasteiger partial charge in [0.2, 0.25) is 0 Å². The van der Waals surface area contributed by atoms with Gasteiger partial charge in [0.05, 0.1) is 31.9 Å². The predicted molar refractivity (Wildman–Crippen MR) is 122 cm³/mol. The van der Waals surface area contributed by atoms with Gasteiger partial charge in [-0.15, -0.1) is 0 Å². The van der Waals surface area contributed by atoms with E-state index in [1.807, 2.05) is 5.32 Å². The van der Waals surface area contributed by atoms with Gasteiger partial charge in [-0.25, -0.2) is 23.4 Å². The third-order valence-corrected chi connectivity index (χ3v) is 6.28. The molecular formula is C22H28F4N6O5. The molecule has 3 heterocycles. The first-order valence-corrected chi connectivity index (χ1v) is 11.9. The number of amides is 4. The number of nitrogens with zero attached hydrogens (tertiary/aromatic N) is 3. The number of ether oxygens (including phenoxy) is 1. The highest BCUT2D eigenvalue weighted by Crippen LogP contribution is 2.31. The Morgan fingerprint density at radius 3 is 2.49 bits per heavy atom. The quantitative estimate of drug-likeness (QED) is 0.472. The number of benzene rings is 1. The molecule has 0 aromatic heterocycles. The number of cyclic esters (lactones) is 1. The standard InChI is InChI=1S/C22H28F4N6O5/c23-16-9-14(31-12-15(37-22(31)35)11-28-20(33)19(25)26)10-17(24)18(16)30-5-6-32(36-8-7-30)21(34)29-13-1-3-27-4-2-13/h9-10,13,15,19,27H,1-8,11-12H2,(H,28,33)(H,29,34). The molecule has 37 heavy (non-hydrogen) atoms. The number of hydrogen-bond acceptors (Lipinski definition) is 7. The minimum absolute atomic E-state index is 0.0186. The highest BCUT2D eigenvalue weighted by molar-refractivity contribution is 5.90. The van der Waals surface area contributed by atoms with Crippen molar-refractivity contribution < 1.29 is 41.5 Å². The lowest BCUT2D eigenvalue weighted by atomic mass is 10.1. The predicted octanol–water partition coefficient (Wildman–Crippen LogP) is 1.19. The average Bonchev–Trinajstić information content (AvgIpc) is 3.07. The molecule has 1 atom stereocenters. The van der Waals surface area contributed by atoms with Crippen molar-refractivity contribution in [1.29, 1.82) is 0 Å². The third kappa shape index (κ3) is 6.52. The van der Waals surface area contributed by atoms with E-state index >= 15 is 8.78 Å². The summed E-state index contributed by atoms with van der Waals surface area (Å²) in [5.74, 6) is -3.39. The fraction of sp³-hybridized carbons (Fsp3) is 0.591. The van der Waals surface area contributed by atoms with E-state index in [1.54, 1.807) is 0 Å². The summed E-state index contributed by atoms with van der Waals surface area (Å²) in [7, 11) is 0. The molecule has 3 saturated heterocycles. The molecule has 0 saturated carbocycles. The van der Waals surface area contributed by atoms with Crippen molar-refractivity contribution in [1.82, 2.24) is 21.0 Å². The van der Waals surface area contributed by atoms with Gasteiger partial charge < -0.3 is 25.6 Å². The molecule has 1 aromatic rings. The number of hydrogen-bond donors (Lipinski definition) is 3. The van der Waals surface area contributed by atoms with Gasteiger partial charge in [-0.2, -0.15) is 8.78 Å². The van der Waals surface area contributed by atoms with Crippen LogP contribution in [0.3, 0.4) is 0 Å². The van der Waals surface area contributed by atoms with Crippen LogP contribution in [0.1, 0.15) is 12.8 Å². The maximum absolute atomic E-state index is 15.1. The number of piperidine rings is 1. The normalized spacial score (nSPS) is 21.2. The lowest BCUT2D eigenvalue weighted by Gasteiger charge is -2.27. The number of carbonyl (C=O) groups is 3. The largest absolute Gasteiger partial charge is 0.442 e. The van der Waals surface area contributed by atoms with Crippen LogP contribution in [0, 0.1) is 11.6 Å². The van der Waals surface area contributed by atoms with E-state index in [1.165, 1.54) is 4.90 Å². The van der Waals surface area contributed by atoms with Crippen molar-refractivity contribution in [2.24, 2.45) is 0 Å². The SMILES string of the molecule is O=C(NCC1CN(c2cc(F)c(N3CCON(C(=O)NC4CCNCC4)CC3)c(F)c2)C(=O)O1)C(F)F. The van der Waals surface area contributed by atoms with Crippen molar-refractivity contribution in [2.75, 3.05) is 62.2 Å². The Morgan fingerprint density at radius 2 is 1.81 bits per heavy atom. The van der Waals surface area contributed by atoms with Crippen LogP contribution in [-0.4, -0.2) is 94.1 Å². The topological polar surface area (TPSA) is 115 Å². The van der Waals surface area contributed by atoms with E-state index < -0.39 is 42.2 Å². The zero-order valence-corrected chi connectivity index (χ0v) is 19.9. The molecule has 0 aliphatic carbocycles. The Morgan fingerprint density at radius 1 is 1.11 bits per heavy atom. The monoisotopic (exact) mass is 532 g/mol. The van der Waals surface area contributed by atoms with Crippen molar-refractivity contribution in [3.63, 3.8) is 0 Å². The lowest BCUT2D eigenvalue weighted by molar-refractivity contribution is -0.132. The van der Waals surface area contributed by atoms with Gasteiger partial charge in [-0.3, -0.25) is 14.5 Å². The van der Waals surface area contributed by atoms with Crippen molar-refractivity contribution in [2.45, 2.75) is 31.4 Å². The smallest absolute Gasteiger partial charge is 0.414 e. The molecule has 1 unspecified atom stereocenters. The van der Waals surface area contributed by atoms with Crippen LogP contribution >= 0.6 is 0 Å². The molecule has 0 radical (unpaired) electrons. The molecule has 3 aliphatic heterocycles. The summed E-state index contributed by atoms with van der Waals surface area (Å²) in [6.07, 6.45) is -3.52. The Bertz CT molecular complexity index is 989. The molecule has 1 aromatic carbocycles. The number of carbonyl (C=O) groups excluding carboxylic acids is 3. The molecule has 11 nitrogen and oxygen atoms in total. The van der Waals surface area contributed by atoms with Gasteiger partial charge in [0.15, 0.2) is 11.6 Å². The molecule has 0 spiro atoms. The Hall–Kier alpha value is -3.33. The molecule has 15 heteroatoms. The third-order valence-electron chi connectivity index (χ3n) is 6.28. The van der Waals surface area contributed by atoms with E-state index in [0.717, 1.165) is 48.0 Å². The summed E-state index contributed by atoms with van der Waals surface area (Å²) in [6, 6.07) is 1.55. The van der Waals surface area contributed by atoms with Gasteiger partial charge in [0, 0.05) is 31.3 Å². The Balaban J connectivity index is 1.37. The molecule has 204 valence electrons. The number of rotatable bonds is 6. The molecule has 0 bridgehead atoms. The van der Waals surface area contributed by atoms with Crippen LogP contribution in [0.15, 0.2) is 12.1 Å². The van der Waals surface area contributed by atoms with Crippen LogP contribution in [-0.2, 0) is 14.4 Å². The van der Waals surface area contributed by atoms with Gasteiger partial charge in [-0.1, -0.05) is 0 Å². The lowest BCUT2D eigenvalue weighted by Crippen LogP contribution is -2.49. The summed E-state index contributed by atoms with van der Waals surface area (Å²) in [5, 5.41) is 9.20. The Kier molecular flexibility index (Phi) is 8.53. The Labute approximate surface area is 210 Å². The molecular weight excluding hydrogens is 504 g/mol. The maximum atomic E-state index is 15.1. The summed E-state index contributed by atoms with van der Waals surface area (Å²) >= 11 is 0. The van der Waals surface area contributed by atoms with E-state index in [-0.39, 0.29) is 56.7 Å². The second kappa shape index (κ2) is 11.8. The average molecular weight is 532 g/mol. The molecule has 3 fully saturated rings. The van der Waals surface area contributed by atoms with Gasteiger partial charge >= 0.3 is 18.5 Å². The van der Waals surface area contributed by atoms with Crippen molar-refractivity contribution >= 4 is 29.4 Å². The van der Waals surface area contributed by atoms with Gasteiger partial charge in [-0.05, 0) is 25.9 Å². The highest BCUT2D eigenvalue weighted by Gasteiger charge is 2.35. The minimum atomic E-state index is -3.22. The van der Waals surface area contributed by atoms with E-state index in [2.05, 4.69) is 10.6 Å². The molecule has 4 amide bonds. The van der Waals surface area contributed by atoms with E-state index in [0.29, 0.717) is 0 Å². The van der Waals surface area contributed by atoms with Crippen LogP contribution in [0.4, 0.5) is 38.5 Å². The zero-order chi connectivity index (χ0) is 26.5. The minimum Gasteiger partial charge on any atom is -0.442 e.